The number of carbonyl (C=O) groups is 1. The molecule has 0 aliphatic carbocycles. The molecular formula is C16H23FN2O2. The summed E-state index contributed by atoms with van der Waals surface area (Å²) >= 11 is 0. The molecule has 116 valence electrons. The topological polar surface area (TPSA) is 41.6 Å². The van der Waals surface area contributed by atoms with Gasteiger partial charge < -0.3 is 9.64 Å². The zero-order valence-electron chi connectivity index (χ0n) is 13.1. The first-order valence-electron chi connectivity index (χ1n) is 7.25. The van der Waals surface area contributed by atoms with Gasteiger partial charge in [0.25, 0.3) is 0 Å². The van der Waals surface area contributed by atoms with E-state index in [0.717, 1.165) is 24.2 Å². The summed E-state index contributed by atoms with van der Waals surface area (Å²) in [7, 11) is 1.39. The van der Waals surface area contributed by atoms with Crippen molar-refractivity contribution in [2.75, 3.05) is 25.1 Å². The number of rotatable bonds is 5. The lowest BCUT2D eigenvalue weighted by Crippen LogP contribution is -2.59. The van der Waals surface area contributed by atoms with Crippen LogP contribution in [-0.4, -0.2) is 37.7 Å². The van der Waals surface area contributed by atoms with Crippen molar-refractivity contribution >= 4 is 11.7 Å². The lowest BCUT2D eigenvalue weighted by atomic mass is 10.00. The summed E-state index contributed by atoms with van der Waals surface area (Å²) in [6.07, 6.45) is 0.870. The summed E-state index contributed by atoms with van der Waals surface area (Å²) in [5.41, 5.74) is 1.17. The van der Waals surface area contributed by atoms with Gasteiger partial charge >= 0.3 is 5.97 Å². The van der Waals surface area contributed by atoms with Crippen LogP contribution in [0.25, 0.3) is 0 Å². The fraction of sp³-hybridized carbons (Fsp3) is 0.562. The highest BCUT2D eigenvalue weighted by molar-refractivity contribution is 5.81. The third-order valence-corrected chi connectivity index (χ3v) is 3.79. The largest absolute Gasteiger partial charge is 0.468 e. The maximum atomic E-state index is 13.5. The average molecular weight is 294 g/mol. The first-order valence-corrected chi connectivity index (χ1v) is 7.25. The van der Waals surface area contributed by atoms with E-state index in [1.54, 1.807) is 0 Å². The van der Waals surface area contributed by atoms with Crippen molar-refractivity contribution in [2.24, 2.45) is 0 Å². The normalized spacial score (nSPS) is 16.8. The molecule has 21 heavy (non-hydrogen) atoms. The SMILES string of the molecule is COC(=O)C(C)(CN1CCc2ccc(F)cc21)NC(C)C. The van der Waals surface area contributed by atoms with Gasteiger partial charge in [-0.2, -0.15) is 0 Å². The van der Waals surface area contributed by atoms with Crippen LogP contribution in [-0.2, 0) is 16.0 Å². The Balaban J connectivity index is 2.23. The average Bonchev–Trinajstić information content (AvgIpc) is 2.79. The van der Waals surface area contributed by atoms with Gasteiger partial charge in [0, 0.05) is 24.8 Å². The molecule has 0 radical (unpaired) electrons. The number of halogens is 1. The molecule has 0 saturated carbocycles. The summed E-state index contributed by atoms with van der Waals surface area (Å²) in [5, 5.41) is 3.27. The van der Waals surface area contributed by atoms with Gasteiger partial charge in [0.15, 0.2) is 0 Å². The molecule has 0 aromatic heterocycles. The Morgan fingerprint density at radius 1 is 1.52 bits per heavy atom. The Labute approximate surface area is 125 Å². The minimum atomic E-state index is -0.823. The molecule has 0 amide bonds. The second-order valence-corrected chi connectivity index (χ2v) is 6.07. The number of carbonyl (C=O) groups excluding carboxylic acids is 1. The highest BCUT2D eigenvalue weighted by atomic mass is 19.1. The van der Waals surface area contributed by atoms with E-state index in [1.807, 2.05) is 31.7 Å². The van der Waals surface area contributed by atoms with E-state index in [-0.39, 0.29) is 17.8 Å². The van der Waals surface area contributed by atoms with Gasteiger partial charge in [-0.1, -0.05) is 6.07 Å². The van der Waals surface area contributed by atoms with Gasteiger partial charge in [-0.05, 0) is 44.9 Å². The van der Waals surface area contributed by atoms with Crippen LogP contribution >= 0.6 is 0 Å². The van der Waals surface area contributed by atoms with Crippen molar-refractivity contribution in [3.05, 3.63) is 29.6 Å². The second-order valence-electron chi connectivity index (χ2n) is 6.07. The zero-order chi connectivity index (χ0) is 15.6. The minimum absolute atomic E-state index is 0.142. The van der Waals surface area contributed by atoms with Crippen molar-refractivity contribution in [2.45, 2.75) is 38.8 Å². The number of ether oxygens (including phenoxy) is 1. The molecule has 1 N–H and O–H groups in total. The van der Waals surface area contributed by atoms with E-state index in [9.17, 15) is 9.18 Å². The molecule has 1 unspecified atom stereocenters. The lowest BCUT2D eigenvalue weighted by Gasteiger charge is -2.35. The molecule has 1 aliphatic rings. The summed E-state index contributed by atoms with van der Waals surface area (Å²) in [4.78, 5) is 14.2. The predicted octanol–water partition coefficient (Wildman–Crippen LogP) is 2.12. The van der Waals surface area contributed by atoms with Crippen LogP contribution in [0.5, 0.6) is 0 Å². The molecule has 0 saturated heterocycles. The van der Waals surface area contributed by atoms with E-state index in [4.69, 9.17) is 4.74 Å². The van der Waals surface area contributed by atoms with E-state index >= 15 is 0 Å². The summed E-state index contributed by atoms with van der Waals surface area (Å²) in [5.74, 6) is -0.557. The van der Waals surface area contributed by atoms with Gasteiger partial charge in [0.1, 0.15) is 11.4 Å². The monoisotopic (exact) mass is 294 g/mol. The number of methoxy groups -OCH3 is 1. The molecule has 1 aliphatic heterocycles. The van der Waals surface area contributed by atoms with Gasteiger partial charge in [0.2, 0.25) is 0 Å². The molecule has 4 nitrogen and oxygen atoms in total. The highest BCUT2D eigenvalue weighted by Crippen LogP contribution is 2.30. The summed E-state index contributed by atoms with van der Waals surface area (Å²) in [6.45, 7) is 7.03. The van der Waals surface area contributed by atoms with Crippen LogP contribution in [0.4, 0.5) is 10.1 Å². The molecule has 0 spiro atoms. The molecule has 0 fully saturated rings. The van der Waals surface area contributed by atoms with Gasteiger partial charge in [-0.25, -0.2) is 9.18 Å². The fourth-order valence-corrected chi connectivity index (χ4v) is 3.00. The van der Waals surface area contributed by atoms with E-state index in [0.29, 0.717) is 6.54 Å². The van der Waals surface area contributed by atoms with E-state index in [2.05, 4.69) is 5.32 Å². The van der Waals surface area contributed by atoms with Crippen molar-refractivity contribution in [3.8, 4) is 0 Å². The Bertz CT molecular complexity index is 533. The number of nitrogens with one attached hydrogen (secondary N) is 1. The third kappa shape index (κ3) is 3.35. The number of fused-ring (bicyclic) bond motifs is 1. The predicted molar refractivity (Wildman–Crippen MR) is 81.0 cm³/mol. The quantitative estimate of drug-likeness (QED) is 0.845. The highest BCUT2D eigenvalue weighted by Gasteiger charge is 2.38. The molecule has 1 aromatic rings. The second kappa shape index (κ2) is 6.02. The van der Waals surface area contributed by atoms with Crippen molar-refractivity contribution < 1.29 is 13.9 Å². The number of nitrogens with zero attached hydrogens (tertiary/aromatic N) is 1. The molecule has 5 heteroatoms. The number of anilines is 1. The lowest BCUT2D eigenvalue weighted by molar-refractivity contribution is -0.147. The molecule has 1 aromatic carbocycles. The van der Waals surface area contributed by atoms with Crippen LogP contribution in [0.2, 0.25) is 0 Å². The number of esters is 1. The first kappa shape index (κ1) is 15.8. The Morgan fingerprint density at radius 2 is 2.24 bits per heavy atom. The Kier molecular flexibility index (Phi) is 4.52. The zero-order valence-corrected chi connectivity index (χ0v) is 13.1. The van der Waals surface area contributed by atoms with Gasteiger partial charge in [-0.15, -0.1) is 0 Å². The standard InChI is InChI=1S/C16H23FN2O2/c1-11(2)18-16(3,15(20)21-4)10-19-8-7-12-5-6-13(17)9-14(12)19/h5-6,9,11,18H,7-8,10H2,1-4H3. The van der Waals surface area contributed by atoms with Crippen LogP contribution < -0.4 is 10.2 Å². The van der Waals surface area contributed by atoms with Gasteiger partial charge in [-0.3, -0.25) is 5.32 Å². The van der Waals surface area contributed by atoms with Crippen molar-refractivity contribution in [1.29, 1.82) is 0 Å². The first-order chi connectivity index (χ1) is 9.85. The summed E-state index contributed by atoms with van der Waals surface area (Å²) < 4.78 is 18.4. The van der Waals surface area contributed by atoms with Crippen molar-refractivity contribution in [1.82, 2.24) is 5.32 Å². The maximum absolute atomic E-state index is 13.5. The smallest absolute Gasteiger partial charge is 0.327 e. The van der Waals surface area contributed by atoms with Crippen molar-refractivity contribution in [3.63, 3.8) is 0 Å². The third-order valence-electron chi connectivity index (χ3n) is 3.79. The Hall–Kier alpha value is -1.62. The van der Waals surface area contributed by atoms with Crippen LogP contribution in [0, 0.1) is 5.82 Å². The van der Waals surface area contributed by atoms with Gasteiger partial charge in [0.05, 0.1) is 7.11 Å². The molecular weight excluding hydrogens is 271 g/mol. The van der Waals surface area contributed by atoms with E-state index in [1.165, 1.54) is 19.2 Å². The summed E-state index contributed by atoms with van der Waals surface area (Å²) in [6, 6.07) is 4.98. The number of benzene rings is 1. The van der Waals surface area contributed by atoms with Crippen LogP contribution in [0.3, 0.4) is 0 Å². The number of hydrogen-bond donors (Lipinski definition) is 1. The number of hydrogen-bond acceptors (Lipinski definition) is 4. The van der Waals surface area contributed by atoms with Crippen LogP contribution in [0.1, 0.15) is 26.3 Å². The molecule has 1 atom stereocenters. The van der Waals surface area contributed by atoms with Crippen LogP contribution in [0.15, 0.2) is 18.2 Å². The molecule has 1 heterocycles. The van der Waals surface area contributed by atoms with E-state index < -0.39 is 5.54 Å². The maximum Gasteiger partial charge on any atom is 0.327 e. The Morgan fingerprint density at radius 3 is 2.86 bits per heavy atom. The fourth-order valence-electron chi connectivity index (χ4n) is 3.00. The molecule has 2 rings (SSSR count). The molecule has 0 bridgehead atoms. The minimum Gasteiger partial charge on any atom is -0.468 e.